The molecule has 2 rings (SSSR count). The van der Waals surface area contributed by atoms with Crippen LogP contribution in [-0.2, 0) is 18.4 Å². The first-order valence-electron chi connectivity index (χ1n) is 6.67. The van der Waals surface area contributed by atoms with Gasteiger partial charge < -0.3 is 9.67 Å². The van der Waals surface area contributed by atoms with Crippen LogP contribution in [0.5, 0.6) is 0 Å². The predicted molar refractivity (Wildman–Crippen MR) is 88.2 cm³/mol. The van der Waals surface area contributed by atoms with E-state index in [9.17, 15) is 14.4 Å². The number of halogens is 1. The number of hydrogen-bond donors (Lipinski definition) is 2. The van der Waals surface area contributed by atoms with E-state index in [1.165, 1.54) is 23.4 Å². The van der Waals surface area contributed by atoms with Gasteiger partial charge in [-0.1, -0.05) is 29.4 Å². The first-order chi connectivity index (χ1) is 10.8. The minimum absolute atomic E-state index is 0.0342. The monoisotopic (exact) mass is 358 g/mol. The Morgan fingerprint density at radius 1 is 1.48 bits per heavy atom. The summed E-state index contributed by atoms with van der Waals surface area (Å²) < 4.78 is 2.86. The van der Waals surface area contributed by atoms with Gasteiger partial charge in [-0.2, -0.15) is 0 Å². The van der Waals surface area contributed by atoms with E-state index in [1.54, 1.807) is 17.6 Å². The molecule has 0 aliphatic carbocycles. The van der Waals surface area contributed by atoms with Crippen LogP contribution in [0.15, 0.2) is 25.9 Å². The van der Waals surface area contributed by atoms with Gasteiger partial charge in [0.2, 0.25) is 0 Å². The maximum atomic E-state index is 12.1. The molecule has 2 aromatic rings. The summed E-state index contributed by atoms with van der Waals surface area (Å²) in [5.41, 5.74) is -0.601. The molecular weight excluding hydrogens is 344 g/mol. The molecule has 0 aliphatic rings. The van der Waals surface area contributed by atoms with Gasteiger partial charge in [0.05, 0.1) is 6.42 Å². The number of aliphatic carboxylic acids is 1. The van der Waals surface area contributed by atoms with Gasteiger partial charge >= 0.3 is 11.7 Å². The number of nitrogens with zero attached hydrogens (tertiary/aromatic N) is 3. The molecule has 2 heterocycles. The minimum atomic E-state index is -0.915. The summed E-state index contributed by atoms with van der Waals surface area (Å²) in [6.07, 6.45) is 1.67. The molecule has 0 saturated heterocycles. The molecule has 0 fully saturated rings. The first-order valence-corrected chi connectivity index (χ1v) is 8.04. The number of carboxylic acids is 1. The van der Waals surface area contributed by atoms with Gasteiger partial charge in [0, 0.05) is 24.4 Å². The van der Waals surface area contributed by atoms with Gasteiger partial charge in [-0.3, -0.25) is 19.1 Å². The molecule has 0 saturated carbocycles. The summed E-state index contributed by atoms with van der Waals surface area (Å²) in [6, 6.07) is 0. The highest BCUT2D eigenvalue weighted by Crippen LogP contribution is 2.22. The molecular formula is C13H15ClN4O4S. The van der Waals surface area contributed by atoms with Crippen molar-refractivity contribution < 1.29 is 9.90 Å². The molecule has 0 unspecified atom stereocenters. The van der Waals surface area contributed by atoms with E-state index in [0.717, 1.165) is 0 Å². The Morgan fingerprint density at radius 2 is 2.17 bits per heavy atom. The number of rotatable bonds is 6. The molecule has 0 aliphatic heterocycles. The lowest BCUT2D eigenvalue weighted by atomic mass is 10.4. The number of carboxylic acid groups (broad SMARTS) is 1. The van der Waals surface area contributed by atoms with Crippen molar-refractivity contribution in [2.45, 2.75) is 25.0 Å². The average molecular weight is 359 g/mol. The van der Waals surface area contributed by atoms with Crippen molar-refractivity contribution in [3.05, 3.63) is 31.9 Å². The smallest absolute Gasteiger partial charge is 0.329 e. The zero-order chi connectivity index (χ0) is 17.1. The van der Waals surface area contributed by atoms with Crippen LogP contribution in [0.1, 0.15) is 13.3 Å². The zero-order valence-corrected chi connectivity index (χ0v) is 14.1. The molecule has 0 atom stereocenters. The molecule has 0 radical (unpaired) electrons. The van der Waals surface area contributed by atoms with Gasteiger partial charge in [-0.05, 0) is 6.92 Å². The van der Waals surface area contributed by atoms with Crippen molar-refractivity contribution in [2.24, 2.45) is 7.05 Å². The van der Waals surface area contributed by atoms with Crippen LogP contribution < -0.4 is 11.2 Å². The number of carbonyl (C=O) groups is 1. The Morgan fingerprint density at radius 3 is 2.78 bits per heavy atom. The van der Waals surface area contributed by atoms with E-state index in [4.69, 9.17) is 16.7 Å². The molecule has 0 spiro atoms. The quantitative estimate of drug-likeness (QED) is 0.749. The predicted octanol–water partition coefficient (Wildman–Crippen LogP) is 1.13. The number of hydrogen-bond acceptors (Lipinski definition) is 5. The number of nitrogens with one attached hydrogen (secondary N) is 1. The lowest BCUT2D eigenvalue weighted by Crippen LogP contribution is -2.29. The average Bonchev–Trinajstić information content (AvgIpc) is 2.81. The van der Waals surface area contributed by atoms with Gasteiger partial charge in [-0.25, -0.2) is 9.78 Å². The topological polar surface area (TPSA) is 110 Å². The van der Waals surface area contributed by atoms with Crippen LogP contribution in [0.3, 0.4) is 0 Å². The van der Waals surface area contributed by atoms with Crippen LogP contribution in [0.4, 0.5) is 0 Å². The van der Waals surface area contributed by atoms with E-state index in [0.29, 0.717) is 22.5 Å². The van der Waals surface area contributed by atoms with Crippen LogP contribution >= 0.6 is 23.4 Å². The Labute approximate surface area is 139 Å². The fraction of sp³-hybridized carbons (Fsp3) is 0.385. The highest BCUT2D eigenvalue weighted by Gasteiger charge is 2.17. The third kappa shape index (κ3) is 3.85. The van der Waals surface area contributed by atoms with Gasteiger partial charge in [0.1, 0.15) is 0 Å². The van der Waals surface area contributed by atoms with E-state index < -0.39 is 17.2 Å². The molecule has 2 aromatic heterocycles. The number of allylic oxidation sites excluding steroid dienone is 2. The summed E-state index contributed by atoms with van der Waals surface area (Å²) in [6.45, 7) is 2.00. The maximum absolute atomic E-state index is 12.1. The molecule has 10 heteroatoms. The number of thioether (sulfide) groups is 1. The molecule has 124 valence electrons. The first kappa shape index (κ1) is 17.4. The Bertz CT molecular complexity index is 892. The Kier molecular flexibility index (Phi) is 5.32. The highest BCUT2D eigenvalue weighted by molar-refractivity contribution is 7.99. The second-order valence-electron chi connectivity index (χ2n) is 4.78. The normalized spacial score (nSPS) is 12.0. The van der Waals surface area contributed by atoms with Crippen LogP contribution in [0.2, 0.25) is 0 Å². The van der Waals surface area contributed by atoms with Crippen molar-refractivity contribution in [3.63, 3.8) is 0 Å². The zero-order valence-electron chi connectivity index (χ0n) is 12.5. The SMILES string of the molecule is C/C(Cl)=C\Cn1c(SCCC(=O)O)nc2c1c(=O)[nH]c(=O)n2C. The van der Waals surface area contributed by atoms with Gasteiger partial charge in [-0.15, -0.1) is 0 Å². The number of aromatic amines is 1. The van der Waals surface area contributed by atoms with E-state index in [-0.39, 0.29) is 17.6 Å². The van der Waals surface area contributed by atoms with Gasteiger partial charge in [0.25, 0.3) is 5.56 Å². The Hall–Kier alpha value is -2.00. The summed E-state index contributed by atoms with van der Waals surface area (Å²) in [5.74, 6) is -0.615. The van der Waals surface area contributed by atoms with E-state index in [2.05, 4.69) is 9.97 Å². The summed E-state index contributed by atoms with van der Waals surface area (Å²) >= 11 is 7.05. The van der Waals surface area contributed by atoms with Crippen molar-refractivity contribution >= 4 is 40.5 Å². The van der Waals surface area contributed by atoms with Crippen molar-refractivity contribution in [1.29, 1.82) is 0 Å². The number of aryl methyl sites for hydroxylation is 1. The molecule has 8 nitrogen and oxygen atoms in total. The number of imidazole rings is 1. The number of aromatic nitrogens is 4. The molecule has 0 aromatic carbocycles. The number of fused-ring (bicyclic) bond motifs is 1. The fourth-order valence-electron chi connectivity index (χ4n) is 1.94. The third-order valence-corrected chi connectivity index (χ3v) is 4.21. The largest absolute Gasteiger partial charge is 0.481 e. The van der Waals surface area contributed by atoms with Crippen molar-refractivity contribution in [1.82, 2.24) is 19.1 Å². The van der Waals surface area contributed by atoms with Crippen LogP contribution in [0, 0.1) is 0 Å². The summed E-state index contributed by atoms with van der Waals surface area (Å²) in [5, 5.41) is 9.74. The second-order valence-corrected chi connectivity index (χ2v) is 6.44. The van der Waals surface area contributed by atoms with Crippen LogP contribution in [0.25, 0.3) is 11.2 Å². The van der Waals surface area contributed by atoms with E-state index in [1.807, 2.05) is 0 Å². The third-order valence-electron chi connectivity index (χ3n) is 3.07. The maximum Gasteiger partial charge on any atom is 0.329 e. The molecule has 0 bridgehead atoms. The molecule has 0 amide bonds. The lowest BCUT2D eigenvalue weighted by Gasteiger charge is -2.05. The lowest BCUT2D eigenvalue weighted by molar-refractivity contribution is -0.136. The fourth-order valence-corrected chi connectivity index (χ4v) is 2.94. The summed E-state index contributed by atoms with van der Waals surface area (Å²) in [7, 11) is 1.51. The number of H-pyrrole nitrogens is 1. The minimum Gasteiger partial charge on any atom is -0.481 e. The highest BCUT2D eigenvalue weighted by atomic mass is 35.5. The second kappa shape index (κ2) is 7.05. The van der Waals surface area contributed by atoms with Crippen LogP contribution in [-0.4, -0.2) is 35.9 Å². The Balaban J connectivity index is 2.57. The summed E-state index contributed by atoms with van der Waals surface area (Å²) in [4.78, 5) is 41.0. The molecule has 2 N–H and O–H groups in total. The van der Waals surface area contributed by atoms with E-state index >= 15 is 0 Å². The van der Waals surface area contributed by atoms with Gasteiger partial charge in [0.15, 0.2) is 16.3 Å². The molecule has 23 heavy (non-hydrogen) atoms. The van der Waals surface area contributed by atoms with Crippen molar-refractivity contribution in [2.75, 3.05) is 5.75 Å². The van der Waals surface area contributed by atoms with Crippen molar-refractivity contribution in [3.8, 4) is 0 Å². The standard InChI is InChI=1S/C13H15ClN4O4S/c1-7(14)3-5-18-9-10(17(2)12(22)16-11(9)21)15-13(18)23-6-4-8(19)20/h3H,4-6H2,1-2H3,(H,19,20)(H,16,21,22)/b7-3+.